The van der Waals surface area contributed by atoms with E-state index >= 15 is 0 Å². The lowest BCUT2D eigenvalue weighted by Gasteiger charge is -2.43. The molecule has 0 saturated carbocycles. The fourth-order valence-electron chi connectivity index (χ4n) is 2.20. The Hall–Kier alpha value is -1.95. The van der Waals surface area contributed by atoms with Gasteiger partial charge < -0.3 is 26.7 Å². The van der Waals surface area contributed by atoms with Crippen LogP contribution in [-0.4, -0.2) is 29.4 Å². The molecule has 3 rings (SSSR count). The molecule has 0 unspecified atom stereocenters. The topological polar surface area (TPSA) is 71.1 Å². The molecule has 1 aliphatic rings. The van der Waals surface area contributed by atoms with Crippen molar-refractivity contribution in [2.75, 3.05) is 0 Å². The molecule has 124 valence electrons. The van der Waals surface area contributed by atoms with E-state index in [1.54, 1.807) is 0 Å². The van der Waals surface area contributed by atoms with Gasteiger partial charge >= 0.3 is 17.6 Å². The summed E-state index contributed by atoms with van der Waals surface area (Å²) in [5.74, 6) is 1.05. The molecule has 0 atom stereocenters. The van der Waals surface area contributed by atoms with E-state index in [0.717, 1.165) is 11.1 Å². The van der Waals surface area contributed by atoms with Crippen molar-refractivity contribution in [3.05, 3.63) is 71.8 Å². The molecule has 1 saturated heterocycles. The summed E-state index contributed by atoms with van der Waals surface area (Å²) in [6.45, 7) is 0.349. The number of benzene rings is 2. The second kappa shape index (κ2) is 7.30. The molecule has 0 aliphatic carbocycles. The highest BCUT2D eigenvalue weighted by atomic mass is 28.5. The van der Waals surface area contributed by atoms with Crippen molar-refractivity contribution in [3.8, 4) is 0 Å². The molecule has 1 fully saturated rings. The second-order valence-corrected chi connectivity index (χ2v) is 10.3. The Kier molecular flexibility index (Phi) is 5.14. The van der Waals surface area contributed by atoms with Gasteiger partial charge in [0.05, 0.1) is 13.2 Å². The maximum Gasteiger partial charge on any atom is 0.557 e. The van der Waals surface area contributed by atoms with Gasteiger partial charge in [0, 0.05) is 0 Å². The maximum absolute atomic E-state index is 11.3. The Balaban J connectivity index is 1.58. The third-order valence-corrected chi connectivity index (χ3v) is 9.65. The van der Waals surface area contributed by atoms with Crippen LogP contribution in [0.3, 0.4) is 0 Å². The van der Waals surface area contributed by atoms with Crippen molar-refractivity contribution in [1.82, 2.24) is 0 Å². The van der Waals surface area contributed by atoms with Crippen molar-refractivity contribution in [2.45, 2.75) is 13.2 Å². The molecule has 2 aromatic rings. The van der Waals surface area contributed by atoms with Crippen LogP contribution in [0.5, 0.6) is 0 Å². The van der Waals surface area contributed by atoms with E-state index in [2.05, 4.69) is 0 Å². The molecule has 1 heterocycles. The van der Waals surface area contributed by atoms with E-state index in [4.69, 9.17) is 17.1 Å². The van der Waals surface area contributed by atoms with Gasteiger partial charge in [-0.2, -0.15) is 0 Å². The van der Waals surface area contributed by atoms with E-state index in [1.807, 2.05) is 60.7 Å². The van der Waals surface area contributed by atoms with Crippen LogP contribution in [0.25, 0.3) is 0 Å². The fraction of sp³-hybridized carbons (Fsp3) is 0.125. The first-order valence-corrected chi connectivity index (χ1v) is 11.0. The van der Waals surface area contributed by atoms with Crippen LogP contribution >= 0.6 is 0 Å². The number of hydrogen-bond donors (Lipinski definition) is 0. The molecule has 1 aliphatic heterocycles. The molecule has 8 heteroatoms. The van der Waals surface area contributed by atoms with Crippen LogP contribution in [0.2, 0.25) is 0 Å². The number of carbonyl (C=O) groups excluding carboxylic acids is 2. The van der Waals surface area contributed by atoms with Gasteiger partial charge in [-0.15, -0.1) is 0 Å². The van der Waals surface area contributed by atoms with Crippen LogP contribution in [0.4, 0.5) is 0 Å². The lowest BCUT2D eigenvalue weighted by atomic mass is 10.2. The van der Waals surface area contributed by atoms with Crippen molar-refractivity contribution < 1.29 is 26.7 Å². The van der Waals surface area contributed by atoms with Crippen LogP contribution in [0.15, 0.2) is 60.7 Å². The normalized spacial score (nSPS) is 25.7. The molecule has 0 spiro atoms. The minimum Gasteiger partial charge on any atom is -0.365 e. The summed E-state index contributed by atoms with van der Waals surface area (Å²) < 4.78 is 22.1. The average Bonchev–Trinajstić information content (AvgIpc) is 2.62. The predicted octanol–water partition coefficient (Wildman–Crippen LogP) is 1.89. The zero-order valence-electron chi connectivity index (χ0n) is 12.8. The van der Waals surface area contributed by atoms with E-state index < -0.39 is 17.6 Å². The third-order valence-electron chi connectivity index (χ3n) is 3.42. The number of hydrogen-bond acceptors (Lipinski definition) is 6. The average molecular weight is 360 g/mol. The van der Waals surface area contributed by atoms with Crippen molar-refractivity contribution >= 4 is 29.4 Å². The molecule has 24 heavy (non-hydrogen) atoms. The van der Waals surface area contributed by atoms with E-state index in [9.17, 15) is 9.59 Å². The number of carbonyl (C=O) groups is 2. The Morgan fingerprint density at radius 1 is 0.708 bits per heavy atom. The Morgan fingerprint density at radius 2 is 1.08 bits per heavy atom. The van der Waals surface area contributed by atoms with Gasteiger partial charge in [0.25, 0.3) is 0 Å². The minimum atomic E-state index is -3.47. The molecule has 0 N–H and O–H groups in total. The van der Waals surface area contributed by atoms with Crippen molar-refractivity contribution in [2.24, 2.45) is 0 Å². The van der Waals surface area contributed by atoms with Gasteiger partial charge in [-0.25, -0.2) is 0 Å². The van der Waals surface area contributed by atoms with Gasteiger partial charge in [-0.05, 0) is 11.1 Å². The molecule has 0 aromatic heterocycles. The zero-order chi connectivity index (χ0) is 16.9. The summed E-state index contributed by atoms with van der Waals surface area (Å²) in [7, 11) is -6.94. The quantitative estimate of drug-likeness (QED) is 0.529. The molecular formula is C16H16O6Si2. The highest BCUT2D eigenvalue weighted by Gasteiger charge is 2.69. The van der Waals surface area contributed by atoms with Crippen molar-refractivity contribution in [1.29, 1.82) is 0 Å². The molecule has 2 aromatic carbocycles. The summed E-state index contributed by atoms with van der Waals surface area (Å²) in [5, 5.41) is 0. The van der Waals surface area contributed by atoms with Crippen molar-refractivity contribution in [3.63, 3.8) is 0 Å². The standard InChI is InChI=1S/C16H16O6Si2/c17-13-23(19-11-15-7-3-1-4-8-15)21-24(14-18,22-23)20-12-16-9-5-2-6-10-16/h1-10,13-14H,11-12H2. The predicted molar refractivity (Wildman–Crippen MR) is 89.6 cm³/mol. The zero-order valence-corrected chi connectivity index (χ0v) is 14.8. The fourth-order valence-corrected chi connectivity index (χ4v) is 8.02. The van der Waals surface area contributed by atoms with Gasteiger partial charge in [0.2, 0.25) is 0 Å². The molecular weight excluding hydrogens is 344 g/mol. The second-order valence-electron chi connectivity index (χ2n) is 5.20. The lowest BCUT2D eigenvalue weighted by molar-refractivity contribution is 0.0301. The van der Waals surface area contributed by atoms with Crippen LogP contribution in [0, 0.1) is 0 Å². The molecule has 6 nitrogen and oxygen atoms in total. The minimum absolute atomic E-state index is 0.174. The number of rotatable bonds is 8. The molecule has 0 bridgehead atoms. The smallest absolute Gasteiger partial charge is 0.365 e. The Labute approximate surface area is 141 Å². The first-order chi connectivity index (χ1) is 11.7. The molecule has 0 radical (unpaired) electrons. The summed E-state index contributed by atoms with van der Waals surface area (Å²) in [6, 6.07) is 18.7. The van der Waals surface area contributed by atoms with Crippen LogP contribution < -0.4 is 0 Å². The van der Waals surface area contributed by atoms with Crippen LogP contribution in [0.1, 0.15) is 11.1 Å². The van der Waals surface area contributed by atoms with Gasteiger partial charge in [0.1, 0.15) is 0 Å². The van der Waals surface area contributed by atoms with Gasteiger partial charge in [0.15, 0.2) is 11.8 Å². The Morgan fingerprint density at radius 3 is 1.42 bits per heavy atom. The summed E-state index contributed by atoms with van der Waals surface area (Å²) >= 11 is 0. The summed E-state index contributed by atoms with van der Waals surface area (Å²) in [5.41, 5.74) is 1.77. The highest BCUT2D eigenvalue weighted by Crippen LogP contribution is 2.31. The third kappa shape index (κ3) is 3.75. The summed E-state index contributed by atoms with van der Waals surface area (Å²) in [6.07, 6.45) is 0. The van der Waals surface area contributed by atoms with Crippen LogP contribution in [-0.2, 0) is 39.9 Å². The van der Waals surface area contributed by atoms with E-state index in [0.29, 0.717) is 11.8 Å². The van der Waals surface area contributed by atoms with E-state index in [-0.39, 0.29) is 13.2 Å². The van der Waals surface area contributed by atoms with Gasteiger partial charge in [-0.3, -0.25) is 0 Å². The highest BCUT2D eigenvalue weighted by molar-refractivity contribution is 7.10. The van der Waals surface area contributed by atoms with E-state index in [1.165, 1.54) is 0 Å². The first-order valence-electron chi connectivity index (χ1n) is 7.38. The van der Waals surface area contributed by atoms with Gasteiger partial charge in [-0.1, -0.05) is 60.7 Å². The monoisotopic (exact) mass is 360 g/mol. The summed E-state index contributed by atoms with van der Waals surface area (Å²) in [4.78, 5) is 22.7. The Bertz CT molecular complexity index is 629. The maximum atomic E-state index is 11.3. The lowest BCUT2D eigenvalue weighted by Crippen LogP contribution is -2.75. The largest absolute Gasteiger partial charge is 0.557 e. The first kappa shape index (κ1) is 16.9. The molecule has 0 amide bonds. The SMILES string of the molecule is O=C[Si]1(OCc2ccccc2)O[Si](C=O)(OCc2ccccc2)O1.